The number of carbonyl (C=O) groups excluding carboxylic acids is 1. The van der Waals surface area contributed by atoms with Gasteiger partial charge in [-0.05, 0) is 25.1 Å². The molecule has 0 bridgehead atoms. The van der Waals surface area contributed by atoms with E-state index >= 15 is 0 Å². The van der Waals surface area contributed by atoms with Crippen molar-refractivity contribution in [3.05, 3.63) is 35.4 Å². The summed E-state index contributed by atoms with van der Waals surface area (Å²) in [7, 11) is -2.02. The second-order valence-electron chi connectivity index (χ2n) is 5.64. The minimum Gasteiger partial charge on any atom is -0.370 e. The van der Waals surface area contributed by atoms with Gasteiger partial charge >= 0.3 is 12.2 Å². The molecule has 11 heteroatoms. The summed E-state index contributed by atoms with van der Waals surface area (Å²) in [5.74, 6) is -0.146. The monoisotopic (exact) mass is 397 g/mol. The van der Waals surface area contributed by atoms with Gasteiger partial charge in [0, 0.05) is 6.54 Å². The number of urea groups is 1. The molecule has 0 aliphatic carbocycles. The lowest BCUT2D eigenvalue weighted by atomic mass is 10.1. The van der Waals surface area contributed by atoms with E-state index in [9.17, 15) is 26.4 Å². The third kappa shape index (κ3) is 9.59. The number of hydrogen-bond acceptors (Lipinski definition) is 4. The number of rotatable bonds is 9. The maximum Gasteiger partial charge on any atom is 0.411 e. The van der Waals surface area contributed by atoms with Gasteiger partial charge in [0.05, 0.1) is 18.4 Å². The molecule has 1 atom stereocenters. The molecule has 1 rings (SSSR count). The summed E-state index contributed by atoms with van der Waals surface area (Å²) in [6, 6.07) is 5.49. The van der Waals surface area contributed by atoms with Crippen molar-refractivity contribution in [1.29, 1.82) is 0 Å². The summed E-state index contributed by atoms with van der Waals surface area (Å²) in [6.07, 6.45) is -4.40. The van der Waals surface area contributed by atoms with Gasteiger partial charge in [0.1, 0.15) is 6.61 Å². The molecular weight excluding hydrogens is 375 g/mol. The number of benzene rings is 1. The van der Waals surface area contributed by atoms with Crippen LogP contribution in [0.5, 0.6) is 0 Å². The summed E-state index contributed by atoms with van der Waals surface area (Å²) in [5, 5.41) is 5.01. The van der Waals surface area contributed by atoms with Crippen LogP contribution in [-0.4, -0.2) is 46.9 Å². The van der Waals surface area contributed by atoms with Gasteiger partial charge in [0.2, 0.25) is 10.0 Å². The Morgan fingerprint density at radius 3 is 2.31 bits per heavy atom. The smallest absolute Gasteiger partial charge is 0.370 e. The molecule has 3 N–H and O–H groups in total. The fourth-order valence-electron chi connectivity index (χ4n) is 1.90. The van der Waals surface area contributed by atoms with Crippen molar-refractivity contribution < 1.29 is 31.1 Å². The largest absolute Gasteiger partial charge is 0.411 e. The van der Waals surface area contributed by atoms with E-state index in [-0.39, 0.29) is 18.9 Å². The van der Waals surface area contributed by atoms with E-state index in [0.29, 0.717) is 5.56 Å². The molecule has 0 spiro atoms. The predicted molar refractivity (Wildman–Crippen MR) is 89.8 cm³/mol. The van der Waals surface area contributed by atoms with Gasteiger partial charge in [-0.3, -0.25) is 0 Å². The Balaban J connectivity index is 2.36. The van der Waals surface area contributed by atoms with Crippen molar-refractivity contribution in [3.8, 4) is 0 Å². The van der Waals surface area contributed by atoms with Crippen LogP contribution in [0.4, 0.5) is 18.0 Å². The topological polar surface area (TPSA) is 96.5 Å². The van der Waals surface area contributed by atoms with Crippen LogP contribution in [0.2, 0.25) is 0 Å². The molecule has 26 heavy (non-hydrogen) atoms. The maximum atomic E-state index is 12.0. The Kier molecular flexibility index (Phi) is 8.31. The zero-order valence-corrected chi connectivity index (χ0v) is 15.2. The van der Waals surface area contributed by atoms with Crippen molar-refractivity contribution in [2.75, 3.05) is 20.3 Å². The van der Waals surface area contributed by atoms with E-state index in [0.717, 1.165) is 5.56 Å². The number of ether oxygens (including phenoxy) is 1. The van der Waals surface area contributed by atoms with Gasteiger partial charge in [0.15, 0.2) is 0 Å². The van der Waals surface area contributed by atoms with E-state index in [1.54, 1.807) is 24.3 Å². The van der Waals surface area contributed by atoms with Crippen LogP contribution in [-0.2, 0) is 27.1 Å². The number of alkyl halides is 3. The molecule has 0 saturated carbocycles. The normalized spacial score (nSPS) is 13.3. The molecular formula is C15H22F3N3O4S. The first-order valence-corrected chi connectivity index (χ1v) is 9.34. The Morgan fingerprint density at radius 2 is 1.77 bits per heavy atom. The lowest BCUT2D eigenvalue weighted by Crippen LogP contribution is -2.42. The highest BCUT2D eigenvalue weighted by molar-refractivity contribution is 7.88. The number of sulfonamides is 1. The number of halogens is 3. The van der Waals surface area contributed by atoms with Crippen molar-refractivity contribution in [1.82, 2.24) is 15.4 Å². The Hall–Kier alpha value is -1.85. The van der Waals surface area contributed by atoms with Crippen molar-refractivity contribution in [2.24, 2.45) is 0 Å². The van der Waals surface area contributed by atoms with Crippen LogP contribution < -0.4 is 15.4 Å². The fourth-order valence-corrected chi connectivity index (χ4v) is 2.67. The van der Waals surface area contributed by atoms with E-state index in [2.05, 4.69) is 20.1 Å². The van der Waals surface area contributed by atoms with Gasteiger partial charge in [-0.2, -0.15) is 13.2 Å². The maximum absolute atomic E-state index is 12.0. The number of nitrogens with one attached hydrogen (secondary N) is 3. The molecule has 7 nitrogen and oxygen atoms in total. The lowest BCUT2D eigenvalue weighted by molar-refractivity contribution is -0.174. The summed E-state index contributed by atoms with van der Waals surface area (Å²) < 4.78 is 65.5. The minimum absolute atomic E-state index is 0.146. The molecule has 1 unspecified atom stereocenters. The molecule has 0 aliphatic heterocycles. The zero-order valence-electron chi connectivity index (χ0n) is 14.4. The van der Waals surface area contributed by atoms with E-state index < -0.39 is 34.9 Å². The van der Waals surface area contributed by atoms with Crippen LogP contribution >= 0.6 is 0 Å². The van der Waals surface area contributed by atoms with Gasteiger partial charge < -0.3 is 15.4 Å². The predicted octanol–water partition coefficient (Wildman–Crippen LogP) is 1.50. The van der Waals surface area contributed by atoms with Crippen molar-refractivity contribution in [3.63, 3.8) is 0 Å². The molecule has 0 heterocycles. The van der Waals surface area contributed by atoms with Crippen LogP contribution in [0.25, 0.3) is 0 Å². The minimum atomic E-state index is -4.40. The number of hydrogen-bond donors (Lipinski definition) is 3. The summed E-state index contributed by atoms with van der Waals surface area (Å²) in [4.78, 5) is 11.7. The quantitative estimate of drug-likeness (QED) is 0.588. The van der Waals surface area contributed by atoms with Crippen molar-refractivity contribution >= 4 is 16.1 Å². The third-order valence-corrected chi connectivity index (χ3v) is 4.49. The average Bonchev–Trinajstić information content (AvgIpc) is 2.52. The number of amides is 2. The van der Waals surface area contributed by atoms with Crippen LogP contribution in [0.3, 0.4) is 0 Å². The van der Waals surface area contributed by atoms with Crippen molar-refractivity contribution in [2.45, 2.75) is 31.4 Å². The van der Waals surface area contributed by atoms with Gasteiger partial charge in [-0.15, -0.1) is 0 Å². The third-order valence-electron chi connectivity index (χ3n) is 3.15. The standard InChI is InChI=1S/C15H22F3N3O4S/c1-11(8-25-10-15(16,17)18)21-14(22)20-7-12-3-5-13(6-4-12)9-26(23,24)19-2/h3-6,11,19H,7-10H2,1-2H3,(H2,20,21,22). The Labute approximate surface area is 150 Å². The molecule has 2 amide bonds. The SMILES string of the molecule is CNS(=O)(=O)Cc1ccc(CNC(=O)NC(C)COCC(F)(F)F)cc1. The lowest BCUT2D eigenvalue weighted by Gasteiger charge is -2.15. The van der Waals surface area contributed by atoms with Gasteiger partial charge in [0.25, 0.3) is 0 Å². The second-order valence-corrected chi connectivity index (χ2v) is 7.56. The molecule has 1 aromatic rings. The Bertz CT molecular complexity index is 678. The average molecular weight is 397 g/mol. The second kappa shape index (κ2) is 9.74. The first-order chi connectivity index (χ1) is 12.0. The summed E-state index contributed by atoms with van der Waals surface area (Å²) >= 11 is 0. The zero-order chi connectivity index (χ0) is 19.8. The van der Waals surface area contributed by atoms with E-state index in [1.165, 1.54) is 14.0 Å². The fraction of sp³-hybridized carbons (Fsp3) is 0.533. The molecule has 1 aromatic carbocycles. The highest BCUT2D eigenvalue weighted by atomic mass is 32.2. The highest BCUT2D eigenvalue weighted by Gasteiger charge is 2.27. The van der Waals surface area contributed by atoms with Crippen LogP contribution in [0.15, 0.2) is 24.3 Å². The number of carbonyl (C=O) groups is 1. The molecule has 0 fully saturated rings. The molecule has 0 radical (unpaired) electrons. The summed E-state index contributed by atoms with van der Waals surface area (Å²) in [6.45, 7) is 0.0752. The molecule has 0 aliphatic rings. The molecule has 0 saturated heterocycles. The Morgan fingerprint density at radius 1 is 1.19 bits per heavy atom. The first-order valence-electron chi connectivity index (χ1n) is 7.68. The summed E-state index contributed by atoms with van der Waals surface area (Å²) in [5.41, 5.74) is 1.34. The first kappa shape index (κ1) is 22.2. The van der Waals surface area contributed by atoms with Crippen LogP contribution in [0.1, 0.15) is 18.1 Å². The van der Waals surface area contributed by atoms with Gasteiger partial charge in [-0.25, -0.2) is 17.9 Å². The highest BCUT2D eigenvalue weighted by Crippen LogP contribution is 2.14. The van der Waals surface area contributed by atoms with E-state index in [4.69, 9.17) is 0 Å². The molecule has 0 aromatic heterocycles. The molecule has 148 valence electrons. The van der Waals surface area contributed by atoms with E-state index in [1.807, 2.05) is 0 Å². The van der Waals surface area contributed by atoms with Crippen LogP contribution in [0, 0.1) is 0 Å². The van der Waals surface area contributed by atoms with Gasteiger partial charge in [-0.1, -0.05) is 24.3 Å².